The van der Waals surface area contributed by atoms with Gasteiger partial charge in [-0.3, -0.25) is 4.68 Å². The first-order chi connectivity index (χ1) is 12.7. The van der Waals surface area contributed by atoms with Crippen LogP contribution in [-0.4, -0.2) is 51.0 Å². The molecule has 0 aliphatic carbocycles. The number of aromatic amines is 1. The van der Waals surface area contributed by atoms with Gasteiger partial charge in [0.2, 0.25) is 0 Å². The first-order valence-electron chi connectivity index (χ1n) is 8.31. The van der Waals surface area contributed by atoms with E-state index in [1.807, 2.05) is 28.9 Å². The van der Waals surface area contributed by atoms with E-state index in [1.54, 1.807) is 18.1 Å². The lowest BCUT2D eigenvalue weighted by atomic mass is 10.3. The van der Waals surface area contributed by atoms with Crippen molar-refractivity contribution in [2.75, 3.05) is 20.3 Å². The minimum Gasteiger partial charge on any atom is -0.497 e. The van der Waals surface area contributed by atoms with E-state index in [-0.39, 0.29) is 12.7 Å². The summed E-state index contributed by atoms with van der Waals surface area (Å²) < 4.78 is 12.3. The van der Waals surface area contributed by atoms with E-state index in [4.69, 9.17) is 9.47 Å². The lowest BCUT2D eigenvalue weighted by Crippen LogP contribution is -2.38. The van der Waals surface area contributed by atoms with Crippen LogP contribution in [0.25, 0.3) is 22.6 Å². The molecule has 1 aliphatic rings. The average molecular weight is 353 g/mol. The molecule has 8 nitrogen and oxygen atoms in total. The highest BCUT2D eigenvalue weighted by Crippen LogP contribution is 2.25. The number of carbonyl (C=O) groups is 1. The average Bonchev–Trinajstić information content (AvgIpc) is 3.28. The van der Waals surface area contributed by atoms with Gasteiger partial charge in [0.15, 0.2) is 5.82 Å². The van der Waals surface area contributed by atoms with Crippen molar-refractivity contribution < 1.29 is 14.3 Å². The number of aromatic nitrogens is 4. The highest BCUT2D eigenvalue weighted by molar-refractivity contribution is 5.80. The van der Waals surface area contributed by atoms with Crippen molar-refractivity contribution >= 4 is 17.1 Å². The van der Waals surface area contributed by atoms with E-state index in [9.17, 15) is 4.79 Å². The number of H-pyrrole nitrogens is 1. The molecule has 8 heteroatoms. The molecule has 4 rings (SSSR count). The molecular formula is C18H19N5O3. The maximum atomic E-state index is 12.0. The van der Waals surface area contributed by atoms with Crippen molar-refractivity contribution in [1.29, 1.82) is 0 Å². The molecule has 26 heavy (non-hydrogen) atoms. The van der Waals surface area contributed by atoms with Gasteiger partial charge in [0.25, 0.3) is 0 Å². The third-order valence-corrected chi connectivity index (χ3v) is 4.31. The van der Waals surface area contributed by atoms with Crippen molar-refractivity contribution in [3.8, 4) is 17.3 Å². The van der Waals surface area contributed by atoms with Crippen LogP contribution in [-0.2, 0) is 17.8 Å². The Labute approximate surface area is 150 Å². The maximum absolute atomic E-state index is 12.0. The Bertz CT molecular complexity index is 975. The summed E-state index contributed by atoms with van der Waals surface area (Å²) in [6.45, 7) is 5.39. The first-order valence-corrected chi connectivity index (χ1v) is 8.31. The molecule has 0 bridgehead atoms. The molecule has 1 N–H and O–H groups in total. The largest absolute Gasteiger partial charge is 0.497 e. The van der Waals surface area contributed by atoms with Crippen LogP contribution in [0.4, 0.5) is 4.79 Å². The molecule has 0 radical (unpaired) electrons. The number of methoxy groups -OCH3 is 1. The van der Waals surface area contributed by atoms with Gasteiger partial charge in [-0.15, -0.1) is 0 Å². The highest BCUT2D eigenvalue weighted by Gasteiger charge is 2.24. The van der Waals surface area contributed by atoms with Crippen LogP contribution >= 0.6 is 0 Å². The molecule has 1 aliphatic heterocycles. The zero-order chi connectivity index (χ0) is 18.1. The number of amides is 1. The fraction of sp³-hybridized carbons (Fsp3) is 0.278. The van der Waals surface area contributed by atoms with Gasteiger partial charge in [-0.25, -0.2) is 9.78 Å². The predicted molar refractivity (Wildman–Crippen MR) is 95.8 cm³/mol. The van der Waals surface area contributed by atoms with E-state index in [1.165, 1.54) is 0 Å². The normalized spacial score (nSPS) is 13.5. The Kier molecular flexibility index (Phi) is 4.08. The summed E-state index contributed by atoms with van der Waals surface area (Å²) in [6.07, 6.45) is 1.22. The van der Waals surface area contributed by atoms with E-state index < -0.39 is 0 Å². The van der Waals surface area contributed by atoms with Crippen LogP contribution in [0.2, 0.25) is 0 Å². The molecule has 0 saturated heterocycles. The van der Waals surface area contributed by atoms with Gasteiger partial charge in [0, 0.05) is 12.6 Å². The summed E-state index contributed by atoms with van der Waals surface area (Å²) in [6, 6.07) is 7.63. The zero-order valence-electron chi connectivity index (χ0n) is 14.4. The zero-order valence-corrected chi connectivity index (χ0v) is 14.4. The number of hydrogen-bond acceptors (Lipinski definition) is 5. The van der Waals surface area contributed by atoms with Crippen molar-refractivity contribution in [2.45, 2.75) is 13.1 Å². The Morgan fingerprint density at radius 3 is 3.08 bits per heavy atom. The minimum atomic E-state index is -0.338. The van der Waals surface area contributed by atoms with Crippen LogP contribution in [0, 0.1) is 0 Å². The number of benzene rings is 1. The van der Waals surface area contributed by atoms with Gasteiger partial charge in [-0.05, 0) is 18.2 Å². The van der Waals surface area contributed by atoms with Crippen molar-refractivity contribution in [3.05, 3.63) is 42.6 Å². The van der Waals surface area contributed by atoms with Crippen LogP contribution in [0.5, 0.6) is 5.75 Å². The summed E-state index contributed by atoms with van der Waals surface area (Å²) >= 11 is 0. The smallest absolute Gasteiger partial charge is 0.410 e. The minimum absolute atomic E-state index is 0.211. The summed E-state index contributed by atoms with van der Waals surface area (Å²) in [5.41, 5.74) is 3.43. The summed E-state index contributed by atoms with van der Waals surface area (Å²) in [5, 5.41) is 4.61. The highest BCUT2D eigenvalue weighted by atomic mass is 16.6. The van der Waals surface area contributed by atoms with Crippen LogP contribution < -0.4 is 4.74 Å². The number of fused-ring (bicyclic) bond motifs is 2. The van der Waals surface area contributed by atoms with Crippen LogP contribution in [0.3, 0.4) is 0 Å². The molecule has 0 unspecified atom stereocenters. The molecule has 0 saturated carbocycles. The lowest BCUT2D eigenvalue weighted by molar-refractivity contribution is 0.101. The number of nitrogens with zero attached hydrogens (tertiary/aromatic N) is 4. The van der Waals surface area contributed by atoms with Gasteiger partial charge in [0.1, 0.15) is 18.1 Å². The quantitative estimate of drug-likeness (QED) is 0.729. The van der Waals surface area contributed by atoms with Crippen LogP contribution in [0.15, 0.2) is 36.9 Å². The van der Waals surface area contributed by atoms with Gasteiger partial charge in [-0.2, -0.15) is 5.10 Å². The molecule has 1 amide bonds. The monoisotopic (exact) mass is 353 g/mol. The standard InChI is InChI=1S/C18H19N5O3/c1-3-8-26-18(24)22-6-7-23-12(11-22)9-16(21-23)17-19-14-5-4-13(25-2)10-15(14)20-17/h3-5,9-10H,1,6-8,11H2,2H3,(H,19,20). The number of ether oxygens (including phenoxy) is 2. The van der Waals surface area contributed by atoms with Gasteiger partial charge in [-0.1, -0.05) is 12.7 Å². The van der Waals surface area contributed by atoms with Crippen LogP contribution in [0.1, 0.15) is 5.69 Å². The summed E-state index contributed by atoms with van der Waals surface area (Å²) in [5.74, 6) is 1.46. The van der Waals surface area contributed by atoms with E-state index in [0.717, 1.165) is 28.2 Å². The molecule has 2 aromatic heterocycles. The van der Waals surface area contributed by atoms with E-state index in [2.05, 4.69) is 21.6 Å². The SMILES string of the molecule is C=CCOC(=O)N1CCn2nc(-c3nc4ccc(OC)cc4[nH]3)cc2C1. The Hall–Kier alpha value is -3.29. The number of carbonyl (C=O) groups excluding carboxylic acids is 1. The second-order valence-electron chi connectivity index (χ2n) is 6.00. The Balaban J connectivity index is 1.58. The third kappa shape index (κ3) is 2.90. The van der Waals surface area contributed by atoms with Gasteiger partial charge >= 0.3 is 6.09 Å². The second-order valence-corrected chi connectivity index (χ2v) is 6.00. The molecule has 3 heterocycles. The Morgan fingerprint density at radius 2 is 2.27 bits per heavy atom. The third-order valence-electron chi connectivity index (χ3n) is 4.31. The fourth-order valence-electron chi connectivity index (χ4n) is 3.00. The summed E-state index contributed by atoms with van der Waals surface area (Å²) in [7, 11) is 1.63. The fourth-order valence-corrected chi connectivity index (χ4v) is 3.00. The predicted octanol–water partition coefficient (Wildman–Crippen LogP) is 2.57. The molecule has 0 spiro atoms. The number of imidazole rings is 1. The number of hydrogen-bond donors (Lipinski definition) is 1. The molecule has 0 fully saturated rings. The molecular weight excluding hydrogens is 334 g/mol. The van der Waals surface area contributed by atoms with Gasteiger partial charge in [0.05, 0.1) is 36.9 Å². The Morgan fingerprint density at radius 1 is 1.38 bits per heavy atom. The first kappa shape index (κ1) is 16.2. The van der Waals surface area contributed by atoms with E-state index in [0.29, 0.717) is 25.5 Å². The van der Waals surface area contributed by atoms with Crippen molar-refractivity contribution in [1.82, 2.24) is 24.6 Å². The lowest BCUT2D eigenvalue weighted by Gasteiger charge is -2.26. The molecule has 0 atom stereocenters. The molecule has 1 aromatic carbocycles. The molecule has 3 aromatic rings. The number of rotatable bonds is 4. The van der Waals surface area contributed by atoms with Gasteiger partial charge < -0.3 is 19.4 Å². The maximum Gasteiger partial charge on any atom is 0.410 e. The topological polar surface area (TPSA) is 85.3 Å². The van der Waals surface area contributed by atoms with Crippen molar-refractivity contribution in [2.24, 2.45) is 0 Å². The molecule has 134 valence electrons. The van der Waals surface area contributed by atoms with Crippen molar-refractivity contribution in [3.63, 3.8) is 0 Å². The van der Waals surface area contributed by atoms with E-state index >= 15 is 0 Å². The second kappa shape index (κ2) is 6.55. The number of nitrogens with one attached hydrogen (secondary N) is 1. The summed E-state index contributed by atoms with van der Waals surface area (Å²) in [4.78, 5) is 21.5.